The Morgan fingerprint density at radius 2 is 1.69 bits per heavy atom. The van der Waals surface area contributed by atoms with Crippen LogP contribution in [0, 0.1) is 5.92 Å². The molecule has 4 heterocycles. The molecule has 2 amide bonds. The molecule has 2 saturated heterocycles. The molecule has 12 heteroatoms. The lowest BCUT2D eigenvalue weighted by Crippen LogP contribution is -2.49. The Morgan fingerprint density at radius 1 is 0.889 bits per heavy atom. The molecule has 3 aliphatic rings. The maximum atomic E-state index is 13.0. The maximum Gasteiger partial charge on any atom is 0.410 e. The molecule has 7 rings (SSSR count). The van der Waals surface area contributed by atoms with E-state index in [-0.39, 0.29) is 24.5 Å². The van der Waals surface area contributed by atoms with Crippen LogP contribution in [0.1, 0.15) is 43.0 Å². The number of amides is 2. The molecular weight excluding hydrogens is 683 g/mol. The fraction of sp³-hybridized carbons (Fsp3) is 0.476. The SMILES string of the molecule is CCCCOc1cc(N2CCc3c(nc(OCC4CCN(CC(=O)N(C)C)C4)nc3N3CCN(C(=O)OCc4ccccc4)CC3)C2)c2ccccc2c1. The fourth-order valence-corrected chi connectivity index (χ4v) is 7.49. The number of piperazine rings is 1. The van der Waals surface area contributed by atoms with E-state index in [2.05, 4.69) is 58.0 Å². The number of likely N-dealkylation sites (tertiary alicyclic amines) is 1. The number of hydrogen-bond donors (Lipinski definition) is 0. The van der Waals surface area contributed by atoms with E-state index in [0.29, 0.717) is 58.5 Å². The van der Waals surface area contributed by atoms with E-state index in [0.717, 1.165) is 84.8 Å². The van der Waals surface area contributed by atoms with Crippen LogP contribution in [-0.4, -0.2) is 116 Å². The predicted molar refractivity (Wildman–Crippen MR) is 210 cm³/mol. The van der Waals surface area contributed by atoms with Crippen LogP contribution in [0.25, 0.3) is 10.8 Å². The highest BCUT2D eigenvalue weighted by atomic mass is 16.6. The Balaban J connectivity index is 1.10. The summed E-state index contributed by atoms with van der Waals surface area (Å²) in [6.07, 6.45) is 3.53. The second-order valence-electron chi connectivity index (χ2n) is 14.8. The molecule has 0 spiro atoms. The van der Waals surface area contributed by atoms with Gasteiger partial charge in [-0.2, -0.15) is 9.97 Å². The zero-order valence-corrected chi connectivity index (χ0v) is 31.9. The summed E-state index contributed by atoms with van der Waals surface area (Å²) in [5.41, 5.74) is 4.19. The summed E-state index contributed by atoms with van der Waals surface area (Å²) in [6, 6.07) is 22.9. The van der Waals surface area contributed by atoms with E-state index >= 15 is 0 Å². The molecule has 54 heavy (non-hydrogen) atoms. The number of anilines is 2. The minimum absolute atomic E-state index is 0.110. The van der Waals surface area contributed by atoms with Gasteiger partial charge < -0.3 is 33.8 Å². The van der Waals surface area contributed by atoms with Crippen LogP contribution in [0.4, 0.5) is 16.3 Å². The van der Waals surface area contributed by atoms with Crippen LogP contribution in [0.2, 0.25) is 0 Å². The molecule has 12 nitrogen and oxygen atoms in total. The number of likely N-dealkylation sites (N-methyl/N-ethyl adjacent to an activating group) is 1. The summed E-state index contributed by atoms with van der Waals surface area (Å²) >= 11 is 0. The Labute approximate surface area is 318 Å². The number of aromatic nitrogens is 2. The average Bonchev–Trinajstić information content (AvgIpc) is 3.65. The van der Waals surface area contributed by atoms with E-state index in [4.69, 9.17) is 24.2 Å². The van der Waals surface area contributed by atoms with Gasteiger partial charge in [0.15, 0.2) is 0 Å². The number of hydrogen-bond acceptors (Lipinski definition) is 10. The number of unbranched alkanes of at least 4 members (excludes halogenated alkanes) is 1. The number of carbonyl (C=O) groups is 2. The molecule has 1 unspecified atom stereocenters. The molecule has 1 aromatic heterocycles. The second-order valence-corrected chi connectivity index (χ2v) is 14.8. The van der Waals surface area contributed by atoms with Gasteiger partial charge in [-0.25, -0.2) is 4.79 Å². The standard InChI is InChI=1S/C42H53N7O5/c1-4-5-23-52-34-24-33-13-9-10-14-35(33)38(25-34)49-18-16-36-37(27-49)43-41(53-30-32-15-17-46(26-32)28-39(50)45(2)3)44-40(36)47-19-21-48(22-20-47)42(51)54-29-31-11-7-6-8-12-31/h6-14,24-25,32H,4-5,15-23,26-30H2,1-3H3. The van der Waals surface area contributed by atoms with Crippen molar-refractivity contribution in [3.63, 3.8) is 0 Å². The van der Waals surface area contributed by atoms with Crippen molar-refractivity contribution in [3.8, 4) is 11.8 Å². The molecular formula is C42H53N7O5. The van der Waals surface area contributed by atoms with Crippen molar-refractivity contribution in [1.29, 1.82) is 0 Å². The molecule has 3 aliphatic heterocycles. The largest absolute Gasteiger partial charge is 0.493 e. The van der Waals surface area contributed by atoms with Gasteiger partial charge in [-0.15, -0.1) is 0 Å². The number of rotatable bonds is 13. The fourth-order valence-electron chi connectivity index (χ4n) is 7.49. The third-order valence-corrected chi connectivity index (χ3v) is 10.7. The van der Waals surface area contributed by atoms with Gasteiger partial charge in [0, 0.05) is 82.0 Å². The van der Waals surface area contributed by atoms with Crippen molar-refractivity contribution < 1.29 is 23.8 Å². The van der Waals surface area contributed by atoms with Crippen molar-refractivity contribution >= 4 is 34.3 Å². The van der Waals surface area contributed by atoms with Crippen molar-refractivity contribution in [2.24, 2.45) is 5.92 Å². The Morgan fingerprint density at radius 3 is 2.48 bits per heavy atom. The van der Waals surface area contributed by atoms with Crippen LogP contribution in [0.5, 0.6) is 11.8 Å². The Bertz CT molecular complexity index is 1900. The van der Waals surface area contributed by atoms with Crippen LogP contribution in [0.15, 0.2) is 66.7 Å². The van der Waals surface area contributed by atoms with Gasteiger partial charge in [0.2, 0.25) is 5.91 Å². The second kappa shape index (κ2) is 17.4. The minimum atomic E-state index is -0.297. The first-order chi connectivity index (χ1) is 26.3. The molecule has 2 fully saturated rings. The van der Waals surface area contributed by atoms with E-state index < -0.39 is 0 Å². The van der Waals surface area contributed by atoms with Crippen molar-refractivity contribution in [1.82, 2.24) is 24.7 Å². The lowest BCUT2D eigenvalue weighted by molar-refractivity contribution is -0.129. The van der Waals surface area contributed by atoms with Crippen molar-refractivity contribution in [2.45, 2.75) is 45.8 Å². The molecule has 0 bridgehead atoms. The highest BCUT2D eigenvalue weighted by Crippen LogP contribution is 2.37. The number of carbonyl (C=O) groups excluding carboxylic acids is 2. The first-order valence-corrected chi connectivity index (χ1v) is 19.4. The number of ether oxygens (including phenoxy) is 3. The highest BCUT2D eigenvalue weighted by molar-refractivity contribution is 5.96. The van der Waals surface area contributed by atoms with Crippen molar-refractivity contribution in [2.75, 3.05) is 89.5 Å². The predicted octanol–water partition coefficient (Wildman–Crippen LogP) is 5.62. The topological polar surface area (TPSA) is 104 Å². The normalized spacial score (nSPS) is 17.4. The summed E-state index contributed by atoms with van der Waals surface area (Å²) in [4.78, 5) is 45.7. The van der Waals surface area contributed by atoms with Gasteiger partial charge in [0.05, 0.1) is 32.0 Å². The maximum absolute atomic E-state index is 13.0. The number of nitrogens with zero attached hydrogens (tertiary/aromatic N) is 7. The third-order valence-electron chi connectivity index (χ3n) is 10.7. The van der Waals surface area contributed by atoms with Crippen LogP contribution in [0.3, 0.4) is 0 Å². The smallest absolute Gasteiger partial charge is 0.410 e. The van der Waals surface area contributed by atoms with E-state index in [1.807, 2.05) is 30.3 Å². The van der Waals surface area contributed by atoms with Crippen LogP contribution < -0.4 is 19.3 Å². The molecule has 286 valence electrons. The van der Waals surface area contributed by atoms with Gasteiger partial charge in [0.25, 0.3) is 0 Å². The van der Waals surface area contributed by atoms with Gasteiger partial charge in [0.1, 0.15) is 18.2 Å². The monoisotopic (exact) mass is 735 g/mol. The molecule has 1 atom stereocenters. The van der Waals surface area contributed by atoms with Gasteiger partial charge in [-0.05, 0) is 42.8 Å². The van der Waals surface area contributed by atoms with E-state index in [1.165, 1.54) is 5.39 Å². The minimum Gasteiger partial charge on any atom is -0.493 e. The first kappa shape index (κ1) is 37.2. The van der Waals surface area contributed by atoms with E-state index in [1.54, 1.807) is 23.9 Å². The number of fused-ring (bicyclic) bond motifs is 2. The molecule has 0 radical (unpaired) electrons. The summed E-state index contributed by atoms with van der Waals surface area (Å²) in [7, 11) is 3.59. The van der Waals surface area contributed by atoms with Gasteiger partial charge in [-0.3, -0.25) is 9.69 Å². The quantitative estimate of drug-likeness (QED) is 0.161. The van der Waals surface area contributed by atoms with E-state index in [9.17, 15) is 9.59 Å². The zero-order chi connectivity index (χ0) is 37.4. The van der Waals surface area contributed by atoms with Crippen LogP contribution >= 0.6 is 0 Å². The lowest BCUT2D eigenvalue weighted by atomic mass is 10.0. The zero-order valence-electron chi connectivity index (χ0n) is 31.9. The number of benzene rings is 3. The molecule has 3 aromatic carbocycles. The molecule has 0 aliphatic carbocycles. The third kappa shape index (κ3) is 8.98. The van der Waals surface area contributed by atoms with Gasteiger partial charge in [-0.1, -0.05) is 67.9 Å². The average molecular weight is 736 g/mol. The van der Waals surface area contributed by atoms with Crippen LogP contribution in [-0.2, 0) is 29.1 Å². The summed E-state index contributed by atoms with van der Waals surface area (Å²) in [5.74, 6) is 2.16. The lowest BCUT2D eigenvalue weighted by Gasteiger charge is -2.38. The Kier molecular flexibility index (Phi) is 12.0. The Hall–Kier alpha value is -5.10. The summed E-state index contributed by atoms with van der Waals surface area (Å²) < 4.78 is 18.3. The van der Waals surface area contributed by atoms with Gasteiger partial charge >= 0.3 is 12.1 Å². The summed E-state index contributed by atoms with van der Waals surface area (Å²) in [5, 5.41) is 2.33. The molecule has 0 saturated carbocycles. The highest BCUT2D eigenvalue weighted by Gasteiger charge is 2.31. The van der Waals surface area contributed by atoms with Crippen molar-refractivity contribution in [3.05, 3.63) is 83.6 Å². The summed E-state index contributed by atoms with van der Waals surface area (Å²) in [6.45, 7) is 9.45. The molecule has 0 N–H and O–H groups in total. The first-order valence-electron chi connectivity index (χ1n) is 19.4. The molecule has 4 aromatic rings.